The SMILES string of the molecule is O=C(c1cc(S(=O)(=O)Cl)cc(F)c1F)N1CCCC1. The molecule has 0 N–H and O–H groups in total. The molecule has 1 aliphatic rings. The molecule has 0 aromatic heterocycles. The lowest BCUT2D eigenvalue weighted by Gasteiger charge is -2.16. The molecule has 1 saturated heterocycles. The fourth-order valence-electron chi connectivity index (χ4n) is 1.95. The lowest BCUT2D eigenvalue weighted by Crippen LogP contribution is -2.28. The van der Waals surface area contributed by atoms with E-state index in [0.29, 0.717) is 19.2 Å². The van der Waals surface area contributed by atoms with Crippen LogP contribution >= 0.6 is 10.7 Å². The molecule has 0 radical (unpaired) electrons. The number of nitrogens with zero attached hydrogens (tertiary/aromatic N) is 1. The Morgan fingerprint density at radius 2 is 1.79 bits per heavy atom. The van der Waals surface area contributed by atoms with Gasteiger partial charge in [-0.1, -0.05) is 0 Å². The van der Waals surface area contributed by atoms with Crippen LogP contribution in [0.3, 0.4) is 0 Å². The summed E-state index contributed by atoms with van der Waals surface area (Å²) < 4.78 is 49.2. The minimum absolute atomic E-state index is 0.442. The number of benzene rings is 1. The third kappa shape index (κ3) is 2.87. The van der Waals surface area contributed by atoms with E-state index >= 15 is 0 Å². The molecular formula is C11H10ClF2NO3S. The van der Waals surface area contributed by atoms with Crippen LogP contribution < -0.4 is 0 Å². The van der Waals surface area contributed by atoms with Gasteiger partial charge in [-0.15, -0.1) is 0 Å². The van der Waals surface area contributed by atoms with Crippen LogP contribution in [0.4, 0.5) is 8.78 Å². The highest BCUT2D eigenvalue weighted by Gasteiger charge is 2.26. The van der Waals surface area contributed by atoms with E-state index in [9.17, 15) is 22.0 Å². The zero-order valence-electron chi connectivity index (χ0n) is 9.70. The molecule has 19 heavy (non-hydrogen) atoms. The van der Waals surface area contributed by atoms with Gasteiger partial charge in [0.15, 0.2) is 11.6 Å². The van der Waals surface area contributed by atoms with Gasteiger partial charge in [0.05, 0.1) is 10.5 Å². The van der Waals surface area contributed by atoms with Crippen molar-refractivity contribution in [2.45, 2.75) is 17.7 Å². The molecule has 1 heterocycles. The zero-order chi connectivity index (χ0) is 14.2. The molecule has 1 aromatic carbocycles. The Labute approximate surface area is 113 Å². The van der Waals surface area contributed by atoms with Crippen molar-refractivity contribution in [3.63, 3.8) is 0 Å². The van der Waals surface area contributed by atoms with Crippen molar-refractivity contribution in [3.8, 4) is 0 Å². The van der Waals surface area contributed by atoms with Crippen LogP contribution in [0, 0.1) is 11.6 Å². The molecule has 0 spiro atoms. The maximum Gasteiger partial charge on any atom is 0.261 e. The summed E-state index contributed by atoms with van der Waals surface area (Å²) in [6.07, 6.45) is 1.56. The van der Waals surface area contributed by atoms with Gasteiger partial charge in [-0.2, -0.15) is 0 Å². The van der Waals surface area contributed by atoms with E-state index in [1.54, 1.807) is 0 Å². The number of hydrogen-bond acceptors (Lipinski definition) is 3. The number of halogens is 3. The number of rotatable bonds is 2. The molecule has 0 aliphatic carbocycles. The first-order valence-electron chi connectivity index (χ1n) is 5.53. The highest BCUT2D eigenvalue weighted by molar-refractivity contribution is 8.13. The molecule has 104 valence electrons. The van der Waals surface area contributed by atoms with E-state index in [0.717, 1.165) is 18.9 Å². The Bertz CT molecular complexity index is 627. The summed E-state index contributed by atoms with van der Waals surface area (Å²) in [6, 6.07) is 1.22. The fourth-order valence-corrected chi connectivity index (χ4v) is 2.72. The minimum Gasteiger partial charge on any atom is -0.339 e. The Kier molecular flexibility index (Phi) is 3.78. The van der Waals surface area contributed by atoms with Gasteiger partial charge in [-0.25, -0.2) is 17.2 Å². The lowest BCUT2D eigenvalue weighted by atomic mass is 10.2. The second kappa shape index (κ2) is 5.05. The summed E-state index contributed by atoms with van der Waals surface area (Å²) in [5.74, 6) is -3.50. The molecule has 1 aliphatic heterocycles. The van der Waals surface area contributed by atoms with Gasteiger partial charge in [0, 0.05) is 23.8 Å². The van der Waals surface area contributed by atoms with E-state index in [1.165, 1.54) is 4.90 Å². The van der Waals surface area contributed by atoms with E-state index < -0.39 is 37.1 Å². The Balaban J connectivity index is 2.50. The number of likely N-dealkylation sites (tertiary alicyclic amines) is 1. The highest BCUT2D eigenvalue weighted by Crippen LogP contribution is 2.23. The van der Waals surface area contributed by atoms with Crippen molar-refractivity contribution in [1.29, 1.82) is 0 Å². The summed E-state index contributed by atoms with van der Waals surface area (Å²) >= 11 is 0. The molecular weight excluding hydrogens is 300 g/mol. The van der Waals surface area contributed by atoms with Crippen LogP contribution in [0.15, 0.2) is 17.0 Å². The van der Waals surface area contributed by atoms with Gasteiger partial charge in [0.1, 0.15) is 0 Å². The smallest absolute Gasteiger partial charge is 0.261 e. The largest absolute Gasteiger partial charge is 0.339 e. The van der Waals surface area contributed by atoms with Crippen molar-refractivity contribution in [2.75, 3.05) is 13.1 Å². The Morgan fingerprint density at radius 1 is 1.21 bits per heavy atom. The average molecular weight is 310 g/mol. The number of carbonyl (C=O) groups is 1. The summed E-state index contributed by atoms with van der Waals surface area (Å²) in [5.41, 5.74) is -0.610. The molecule has 0 bridgehead atoms. The first-order chi connectivity index (χ1) is 8.80. The molecule has 4 nitrogen and oxygen atoms in total. The molecule has 0 saturated carbocycles. The normalized spacial score (nSPS) is 15.8. The standard InChI is InChI=1S/C11H10ClF2NO3S/c12-19(17,18)7-5-8(10(14)9(13)6-7)11(16)15-3-1-2-4-15/h5-6H,1-4H2. The molecule has 1 aromatic rings. The summed E-state index contributed by atoms with van der Waals surface area (Å²) in [7, 11) is 0.851. The molecule has 1 amide bonds. The zero-order valence-corrected chi connectivity index (χ0v) is 11.3. The predicted molar refractivity (Wildman–Crippen MR) is 64.5 cm³/mol. The van der Waals surface area contributed by atoms with Crippen LogP contribution in [-0.2, 0) is 9.05 Å². The van der Waals surface area contributed by atoms with Gasteiger partial charge in [-0.3, -0.25) is 4.79 Å². The van der Waals surface area contributed by atoms with Gasteiger partial charge in [0.2, 0.25) is 0 Å². The maximum absolute atomic E-state index is 13.6. The molecule has 0 unspecified atom stereocenters. The summed E-state index contributed by atoms with van der Waals surface area (Å²) in [6.45, 7) is 0.884. The van der Waals surface area contributed by atoms with E-state index in [4.69, 9.17) is 10.7 Å². The molecule has 2 rings (SSSR count). The van der Waals surface area contributed by atoms with Crippen LogP contribution in [0.5, 0.6) is 0 Å². The summed E-state index contributed by atoms with van der Waals surface area (Å²) in [5, 5.41) is 0. The number of amides is 1. The second-order valence-corrected chi connectivity index (χ2v) is 6.77. The predicted octanol–water partition coefficient (Wildman–Crippen LogP) is 2.13. The number of carbonyl (C=O) groups excluding carboxylic acids is 1. The quantitative estimate of drug-likeness (QED) is 0.786. The van der Waals surface area contributed by atoms with Crippen LogP contribution in [-0.4, -0.2) is 32.3 Å². The third-order valence-electron chi connectivity index (χ3n) is 2.91. The van der Waals surface area contributed by atoms with Crippen molar-refractivity contribution in [3.05, 3.63) is 29.3 Å². The fraction of sp³-hybridized carbons (Fsp3) is 0.364. The van der Waals surface area contributed by atoms with E-state index in [1.807, 2.05) is 0 Å². The van der Waals surface area contributed by atoms with Gasteiger partial charge in [0.25, 0.3) is 15.0 Å². The summed E-state index contributed by atoms with van der Waals surface area (Å²) in [4.78, 5) is 12.7. The van der Waals surface area contributed by atoms with Gasteiger partial charge in [-0.05, 0) is 25.0 Å². The van der Waals surface area contributed by atoms with Crippen LogP contribution in [0.1, 0.15) is 23.2 Å². The second-order valence-electron chi connectivity index (χ2n) is 4.20. The van der Waals surface area contributed by atoms with Crippen molar-refractivity contribution in [2.24, 2.45) is 0 Å². The van der Waals surface area contributed by atoms with Crippen molar-refractivity contribution < 1.29 is 22.0 Å². The topological polar surface area (TPSA) is 54.5 Å². The van der Waals surface area contributed by atoms with E-state index in [2.05, 4.69) is 0 Å². The minimum atomic E-state index is -4.23. The lowest BCUT2D eigenvalue weighted by molar-refractivity contribution is 0.0786. The maximum atomic E-state index is 13.6. The van der Waals surface area contributed by atoms with Crippen LogP contribution in [0.25, 0.3) is 0 Å². The molecule has 0 atom stereocenters. The average Bonchev–Trinajstić information content (AvgIpc) is 2.83. The Morgan fingerprint density at radius 3 is 2.32 bits per heavy atom. The van der Waals surface area contributed by atoms with Crippen molar-refractivity contribution >= 4 is 25.6 Å². The third-order valence-corrected chi connectivity index (χ3v) is 4.24. The Hall–Kier alpha value is -1.21. The van der Waals surface area contributed by atoms with Gasteiger partial charge >= 0.3 is 0 Å². The van der Waals surface area contributed by atoms with E-state index in [-0.39, 0.29) is 0 Å². The first kappa shape index (κ1) is 14.2. The molecule has 1 fully saturated rings. The molecule has 8 heteroatoms. The van der Waals surface area contributed by atoms with Gasteiger partial charge < -0.3 is 4.90 Å². The first-order valence-corrected chi connectivity index (χ1v) is 7.84. The van der Waals surface area contributed by atoms with Crippen molar-refractivity contribution in [1.82, 2.24) is 4.90 Å². The highest BCUT2D eigenvalue weighted by atomic mass is 35.7. The number of hydrogen-bond donors (Lipinski definition) is 0. The monoisotopic (exact) mass is 309 g/mol. The van der Waals surface area contributed by atoms with Crippen LogP contribution in [0.2, 0.25) is 0 Å².